The summed E-state index contributed by atoms with van der Waals surface area (Å²) in [5, 5.41) is 8.94. The molecule has 0 aromatic heterocycles. The summed E-state index contributed by atoms with van der Waals surface area (Å²) in [6, 6.07) is 2.81. The van der Waals surface area contributed by atoms with E-state index < -0.39 is 0 Å². The number of fused-ring (bicyclic) bond motifs is 7. The summed E-state index contributed by atoms with van der Waals surface area (Å²) < 4.78 is 0. The predicted molar refractivity (Wildman–Crippen MR) is 281 cm³/mol. The molecule has 3 heterocycles. The van der Waals surface area contributed by atoms with Crippen molar-refractivity contribution in [2.45, 2.75) is 242 Å². The van der Waals surface area contributed by atoms with Gasteiger partial charge in [-0.05, 0) is 243 Å². The Balaban J connectivity index is 0.747. The Labute approximate surface area is 415 Å². The van der Waals surface area contributed by atoms with Crippen molar-refractivity contribution in [3.8, 4) is 0 Å². The maximum absolute atomic E-state index is 4.52. The maximum Gasteiger partial charge on any atom is 0.120 e. The first-order chi connectivity index (χ1) is 33.5. The molecule has 0 bridgehead atoms. The van der Waals surface area contributed by atoms with Crippen molar-refractivity contribution in [1.29, 1.82) is 0 Å². The summed E-state index contributed by atoms with van der Waals surface area (Å²) >= 11 is 0. The number of rotatable bonds is 7. The van der Waals surface area contributed by atoms with Crippen molar-refractivity contribution in [3.63, 3.8) is 0 Å². The Hall–Kier alpha value is -1.66. The molecule has 0 aromatic carbocycles. The third-order valence-electron chi connectivity index (χ3n) is 23.6. The standard InChI is InChI=1S/C63H97N5/c1-41-16-13-28-54-56-40-50(32-34-58(56)67(60(41)54)52-26-15-24-47(38-52)42-17-5-3-6-18-42)49-33-35-59-55(39-49)53-27-11-12-29-57(53)68(59)63-65-61(64-62(66(63)2)44-20-7-4-8-21-44)51-25-14-23-46(37-51)48-31-30-43-19-9-10-22-45(43)36-48/h10-11,22,27,32,34,37-38,41-50,53-65H,3-9,12-21,23-26,28-31,33,35-36,39-40H2,1-2H3/t41?,43?,45?,46?,47?,48?,49?,50-,53?,54?,55?,56?,57?,58?,59?,60?,61?,62?,63?/m1/s1. The summed E-state index contributed by atoms with van der Waals surface area (Å²) in [6.07, 6.45) is 65.9. The largest absolute Gasteiger partial charge is 0.365 e. The molecule has 374 valence electrons. The van der Waals surface area contributed by atoms with Crippen molar-refractivity contribution < 1.29 is 0 Å². The SMILES string of the molecule is CC1CCCC2C3C[C@H](C4CCC5C(C4)C4C=CCCC4N5C4NC(C5=CC(C6CCC7CCC=CC7C6)CCC5)NC(C5CCCCC5)N4C)C=CC3N(C3=CC(C4CCCCC4)CCC3)C12. The van der Waals surface area contributed by atoms with Gasteiger partial charge in [-0.3, -0.25) is 20.4 Å². The van der Waals surface area contributed by atoms with Gasteiger partial charge < -0.3 is 4.90 Å². The fourth-order valence-corrected chi connectivity index (χ4v) is 20.3. The van der Waals surface area contributed by atoms with Crippen LogP contribution in [-0.4, -0.2) is 64.5 Å². The van der Waals surface area contributed by atoms with Crippen LogP contribution in [0, 0.1) is 82.9 Å². The molecule has 10 aliphatic carbocycles. The van der Waals surface area contributed by atoms with Crippen LogP contribution in [0.1, 0.15) is 200 Å². The van der Waals surface area contributed by atoms with E-state index in [2.05, 4.69) is 87.9 Å². The van der Waals surface area contributed by atoms with E-state index >= 15 is 0 Å². The third-order valence-corrected chi connectivity index (χ3v) is 23.6. The van der Waals surface area contributed by atoms with Crippen molar-refractivity contribution in [2.75, 3.05) is 7.05 Å². The van der Waals surface area contributed by atoms with Crippen LogP contribution in [-0.2, 0) is 0 Å². The molecule has 3 aliphatic heterocycles. The van der Waals surface area contributed by atoms with Crippen LogP contribution in [0.5, 0.6) is 0 Å². The highest BCUT2D eigenvalue weighted by Crippen LogP contribution is 2.57. The van der Waals surface area contributed by atoms with Gasteiger partial charge in [0.2, 0.25) is 0 Å². The normalized spacial score (nSPS) is 48.2. The summed E-state index contributed by atoms with van der Waals surface area (Å²) in [5.41, 5.74) is 3.53. The lowest BCUT2D eigenvalue weighted by Gasteiger charge is -2.55. The number of hydrogen-bond acceptors (Lipinski definition) is 5. The minimum atomic E-state index is 0.310. The van der Waals surface area contributed by atoms with Crippen LogP contribution >= 0.6 is 0 Å². The lowest BCUT2D eigenvalue weighted by Crippen LogP contribution is -2.75. The fourth-order valence-electron chi connectivity index (χ4n) is 20.3. The zero-order chi connectivity index (χ0) is 45.3. The molecule has 5 heteroatoms. The Morgan fingerprint density at radius 3 is 2.09 bits per heavy atom. The highest BCUT2D eigenvalue weighted by molar-refractivity contribution is 5.25. The van der Waals surface area contributed by atoms with Gasteiger partial charge in [-0.1, -0.05) is 100 Å². The van der Waals surface area contributed by atoms with Gasteiger partial charge in [-0.15, -0.1) is 0 Å². The molecule has 18 unspecified atom stereocenters. The molecule has 0 spiro atoms. The predicted octanol–water partition coefficient (Wildman–Crippen LogP) is 14.1. The number of allylic oxidation sites excluding steroid dienone is 7. The van der Waals surface area contributed by atoms with E-state index in [1.165, 1.54) is 193 Å². The quantitative estimate of drug-likeness (QED) is 0.249. The highest BCUT2D eigenvalue weighted by atomic mass is 15.6. The smallest absolute Gasteiger partial charge is 0.120 e. The van der Waals surface area contributed by atoms with E-state index in [0.29, 0.717) is 36.7 Å². The van der Waals surface area contributed by atoms with E-state index in [1.54, 1.807) is 11.3 Å². The molecule has 8 fully saturated rings. The van der Waals surface area contributed by atoms with Gasteiger partial charge in [-0.25, -0.2) is 0 Å². The van der Waals surface area contributed by atoms with E-state index in [4.69, 9.17) is 0 Å². The van der Waals surface area contributed by atoms with Crippen molar-refractivity contribution >= 4 is 0 Å². The molecule has 13 aliphatic rings. The molecule has 68 heavy (non-hydrogen) atoms. The molecule has 19 atom stereocenters. The van der Waals surface area contributed by atoms with Crippen molar-refractivity contribution in [3.05, 3.63) is 59.9 Å². The Kier molecular flexibility index (Phi) is 13.6. The Morgan fingerprint density at radius 2 is 1.22 bits per heavy atom. The lowest BCUT2D eigenvalue weighted by molar-refractivity contribution is -0.0951. The molecular formula is C63H97N5. The molecule has 0 amide bonds. The van der Waals surface area contributed by atoms with Crippen molar-refractivity contribution in [1.82, 2.24) is 25.3 Å². The van der Waals surface area contributed by atoms with E-state index in [0.717, 1.165) is 88.9 Å². The Morgan fingerprint density at radius 1 is 0.500 bits per heavy atom. The Bertz CT molecular complexity index is 1900. The van der Waals surface area contributed by atoms with E-state index in [9.17, 15) is 0 Å². The molecule has 5 nitrogen and oxygen atoms in total. The number of nitrogens with one attached hydrogen (secondary N) is 2. The molecule has 0 radical (unpaired) electrons. The summed E-state index contributed by atoms with van der Waals surface area (Å²) in [4.78, 5) is 9.19. The van der Waals surface area contributed by atoms with E-state index in [1.807, 2.05) is 0 Å². The molecule has 0 aromatic rings. The minimum absolute atomic E-state index is 0.310. The molecule has 5 saturated carbocycles. The van der Waals surface area contributed by atoms with Crippen LogP contribution in [0.4, 0.5) is 0 Å². The first kappa shape index (κ1) is 46.1. The second-order valence-corrected chi connectivity index (χ2v) is 26.9. The molecule has 3 saturated heterocycles. The zero-order valence-corrected chi connectivity index (χ0v) is 43.3. The van der Waals surface area contributed by atoms with Gasteiger partial charge in [0.25, 0.3) is 0 Å². The van der Waals surface area contributed by atoms with Gasteiger partial charge >= 0.3 is 0 Å². The first-order valence-corrected chi connectivity index (χ1v) is 30.8. The van der Waals surface area contributed by atoms with Crippen LogP contribution in [0.3, 0.4) is 0 Å². The van der Waals surface area contributed by atoms with Gasteiger partial charge in [0.1, 0.15) is 6.29 Å². The maximum atomic E-state index is 4.52. The van der Waals surface area contributed by atoms with Crippen molar-refractivity contribution in [2.24, 2.45) is 82.9 Å². The molecule has 2 N–H and O–H groups in total. The third kappa shape index (κ3) is 8.59. The van der Waals surface area contributed by atoms with Gasteiger partial charge in [0.15, 0.2) is 0 Å². The lowest BCUT2D eigenvalue weighted by atomic mass is 9.64. The zero-order valence-electron chi connectivity index (χ0n) is 43.3. The second kappa shape index (κ2) is 20.0. The summed E-state index contributed by atoms with van der Waals surface area (Å²) in [6.45, 7) is 2.66. The highest BCUT2D eigenvalue weighted by Gasteiger charge is 2.58. The molecular weight excluding hydrogens is 827 g/mol. The fraction of sp³-hybridized carbons (Fsp3) is 0.841. The molecule has 13 rings (SSSR count). The van der Waals surface area contributed by atoms with Crippen LogP contribution in [0.15, 0.2) is 59.9 Å². The number of nitrogens with zero attached hydrogens (tertiary/aromatic N) is 3. The summed E-state index contributed by atoms with van der Waals surface area (Å²) in [7, 11) is 2.54. The topological polar surface area (TPSA) is 33.8 Å². The van der Waals surface area contributed by atoms with Gasteiger partial charge in [-0.2, -0.15) is 0 Å². The number of hydrogen-bond donors (Lipinski definition) is 2. The van der Waals surface area contributed by atoms with Crippen LogP contribution in [0.25, 0.3) is 0 Å². The average molecular weight is 925 g/mol. The minimum Gasteiger partial charge on any atom is -0.365 e. The number of likely N-dealkylation sites (tertiary alicyclic amines) is 2. The average Bonchev–Trinajstić information content (AvgIpc) is 3.92. The van der Waals surface area contributed by atoms with E-state index in [-0.39, 0.29) is 0 Å². The second-order valence-electron chi connectivity index (χ2n) is 26.9. The van der Waals surface area contributed by atoms with Crippen LogP contribution < -0.4 is 10.6 Å². The first-order valence-electron chi connectivity index (χ1n) is 30.8. The van der Waals surface area contributed by atoms with Gasteiger partial charge in [0, 0.05) is 23.8 Å². The van der Waals surface area contributed by atoms with Crippen LogP contribution in [0.2, 0.25) is 0 Å². The summed E-state index contributed by atoms with van der Waals surface area (Å²) in [5.74, 6) is 11.8. The van der Waals surface area contributed by atoms with Gasteiger partial charge in [0.05, 0.1) is 18.4 Å². The monoisotopic (exact) mass is 924 g/mol.